The Morgan fingerprint density at radius 1 is 0.388 bits per heavy atom. The average Bonchev–Trinajstić information content (AvgIpc) is 0.684. The minimum Gasteiger partial charge on any atom is -0.310 e. The fourth-order valence-corrected chi connectivity index (χ4v) is 12.8. The molecule has 1 fully saturated rings. The maximum Gasteiger partial charge on any atom is 0.252 e. The van der Waals surface area contributed by atoms with Gasteiger partial charge in [0.2, 0.25) is 0 Å². The van der Waals surface area contributed by atoms with E-state index < -0.39 is 150 Å². The van der Waals surface area contributed by atoms with Gasteiger partial charge in [0.05, 0.1) is 38.8 Å². The number of anilines is 6. The van der Waals surface area contributed by atoms with E-state index in [1.807, 2.05) is 75.6 Å². The second-order valence-corrected chi connectivity index (χ2v) is 24.3. The van der Waals surface area contributed by atoms with Crippen molar-refractivity contribution in [3.05, 3.63) is 271 Å². The van der Waals surface area contributed by atoms with Crippen molar-refractivity contribution in [1.82, 2.24) is 0 Å². The Kier molecular flexibility index (Phi) is 9.11. The van der Waals surface area contributed by atoms with Gasteiger partial charge in [-0.25, -0.2) is 8.78 Å². The van der Waals surface area contributed by atoms with Crippen LogP contribution in [0.3, 0.4) is 0 Å². The molecule has 2 aliphatic heterocycles. The summed E-state index contributed by atoms with van der Waals surface area (Å²) < 4.78 is 221. The third-order valence-electron chi connectivity index (χ3n) is 17.0. The van der Waals surface area contributed by atoms with Gasteiger partial charge in [-0.05, 0) is 180 Å². The average molecular weight is 1130 g/mol. The predicted octanol–water partition coefficient (Wildman–Crippen LogP) is 20.7. The molecule has 416 valence electrons. The molecule has 2 nitrogen and oxygen atoms in total. The van der Waals surface area contributed by atoms with Crippen LogP contribution in [0.4, 0.5) is 42.9 Å². The standard InChI is InChI=1S/C80H69BF2N2/c1-79(2,3)62-48-66(53-26-14-8-15-27-53)77(67(49-62)54-28-16-9-17-29-54)84-72-40-38-59(57-34-22-36-64(82)42-57)44-70(72)81-71-45-60(58-35-23-37-65(83)43-58)39-41-73(71)85(75-47-61(46-74(84)76(75)81)52-24-12-7-13-25-52)78-68(55-30-18-10-19-31-55)50-63(80(4,5)6)51-69(78)56-32-20-11-21-33-56/h8-11,14-23,26-52H,7,12-13,24-25H2,1-6H3/i8D,9D,10D,11D,14D,15D,16D,17D,18D,19D,20D,21D,26D,27D,28D,29D,30D,31D,32D,33D. The number of halogens is 2. The van der Waals surface area contributed by atoms with Gasteiger partial charge in [0, 0.05) is 45.0 Å². The van der Waals surface area contributed by atoms with Gasteiger partial charge >= 0.3 is 0 Å². The van der Waals surface area contributed by atoms with Crippen molar-refractivity contribution in [2.75, 3.05) is 9.80 Å². The van der Waals surface area contributed by atoms with Crippen LogP contribution in [0.25, 0.3) is 66.8 Å². The molecule has 1 saturated carbocycles. The highest BCUT2D eigenvalue weighted by Gasteiger charge is 2.46. The molecule has 1 aliphatic carbocycles. The van der Waals surface area contributed by atoms with Gasteiger partial charge in [0.25, 0.3) is 6.71 Å². The van der Waals surface area contributed by atoms with Crippen molar-refractivity contribution in [1.29, 1.82) is 0 Å². The third-order valence-corrected chi connectivity index (χ3v) is 17.0. The lowest BCUT2D eigenvalue weighted by molar-refractivity contribution is 0.444. The Morgan fingerprint density at radius 3 is 1.08 bits per heavy atom. The summed E-state index contributed by atoms with van der Waals surface area (Å²) in [6, 6.07) is 20.4. The molecule has 0 radical (unpaired) electrons. The smallest absolute Gasteiger partial charge is 0.252 e. The summed E-state index contributed by atoms with van der Waals surface area (Å²) in [6.07, 6.45) is 3.82. The molecule has 0 aromatic heterocycles. The monoisotopic (exact) mass is 1130 g/mol. The molecule has 0 amide bonds. The van der Waals surface area contributed by atoms with Crippen LogP contribution in [0, 0.1) is 11.6 Å². The van der Waals surface area contributed by atoms with Gasteiger partial charge in [0.1, 0.15) is 11.6 Å². The Balaban J connectivity index is 1.28. The molecule has 14 rings (SSSR count). The first-order chi connectivity index (χ1) is 49.5. The minimum atomic E-state index is -1.01. The largest absolute Gasteiger partial charge is 0.310 e. The van der Waals surface area contributed by atoms with E-state index in [-0.39, 0.29) is 61.8 Å². The second kappa shape index (κ2) is 21.5. The van der Waals surface area contributed by atoms with Crippen molar-refractivity contribution in [2.45, 2.75) is 90.4 Å². The van der Waals surface area contributed by atoms with Gasteiger partial charge < -0.3 is 9.80 Å². The Bertz CT molecular complexity index is 4960. The van der Waals surface area contributed by atoms with Crippen LogP contribution in [0.1, 0.15) is 124 Å². The quantitative estimate of drug-likeness (QED) is 0.133. The lowest BCUT2D eigenvalue weighted by Gasteiger charge is -2.46. The van der Waals surface area contributed by atoms with Crippen molar-refractivity contribution >= 4 is 57.2 Å². The highest BCUT2D eigenvalue weighted by molar-refractivity contribution is 7.00. The van der Waals surface area contributed by atoms with Crippen LogP contribution >= 0.6 is 0 Å². The second-order valence-electron chi connectivity index (χ2n) is 24.3. The Morgan fingerprint density at radius 2 is 0.741 bits per heavy atom. The number of benzene rings is 11. The van der Waals surface area contributed by atoms with E-state index in [0.717, 1.165) is 24.8 Å². The zero-order valence-corrected chi connectivity index (χ0v) is 47.9. The molecular formula is C80H69BF2N2. The van der Waals surface area contributed by atoms with Crippen LogP contribution in [-0.2, 0) is 10.8 Å². The lowest BCUT2D eigenvalue weighted by atomic mass is 9.33. The van der Waals surface area contributed by atoms with Crippen molar-refractivity contribution in [3.63, 3.8) is 0 Å². The zero-order valence-electron chi connectivity index (χ0n) is 67.9. The highest BCUT2D eigenvalue weighted by Crippen LogP contribution is 2.55. The van der Waals surface area contributed by atoms with E-state index in [0.29, 0.717) is 85.4 Å². The number of hydrogen-bond acceptors (Lipinski definition) is 2. The van der Waals surface area contributed by atoms with Gasteiger partial charge in [-0.2, -0.15) is 0 Å². The van der Waals surface area contributed by atoms with E-state index in [9.17, 15) is 21.9 Å². The molecule has 0 unspecified atom stereocenters. The molecule has 0 bridgehead atoms. The summed E-state index contributed by atoms with van der Waals surface area (Å²) in [6.45, 7) is 10.3. The molecule has 0 N–H and O–H groups in total. The Hall–Kier alpha value is -9.06. The fourth-order valence-electron chi connectivity index (χ4n) is 12.8. The third kappa shape index (κ3) is 9.88. The summed E-state index contributed by atoms with van der Waals surface area (Å²) >= 11 is 0. The molecule has 0 spiro atoms. The summed E-state index contributed by atoms with van der Waals surface area (Å²) in [5.74, 6) is -1.34. The summed E-state index contributed by atoms with van der Waals surface area (Å²) in [7, 11) is 0. The van der Waals surface area contributed by atoms with Crippen molar-refractivity contribution in [2.24, 2.45) is 0 Å². The maximum atomic E-state index is 15.9. The molecule has 2 heterocycles. The van der Waals surface area contributed by atoms with Crippen LogP contribution in [0.5, 0.6) is 0 Å². The van der Waals surface area contributed by atoms with Crippen molar-refractivity contribution < 1.29 is 36.2 Å². The van der Waals surface area contributed by atoms with E-state index in [1.165, 1.54) is 24.3 Å². The number of nitrogens with zero attached hydrogens (tertiary/aromatic N) is 2. The fraction of sp³-hybridized carbons (Fsp3) is 0.175. The first kappa shape index (κ1) is 35.9. The number of fused-ring (bicyclic) bond motifs is 4. The van der Waals surface area contributed by atoms with Crippen LogP contribution in [0.2, 0.25) is 0 Å². The van der Waals surface area contributed by atoms with E-state index in [1.54, 1.807) is 72.8 Å². The summed E-state index contributed by atoms with van der Waals surface area (Å²) in [5.41, 5.74) is 3.24. The normalized spacial score (nSPS) is 17.3. The lowest BCUT2D eigenvalue weighted by Crippen LogP contribution is -2.61. The van der Waals surface area contributed by atoms with Crippen molar-refractivity contribution in [3.8, 4) is 66.8 Å². The zero-order chi connectivity index (χ0) is 75.5. The molecule has 85 heavy (non-hydrogen) atoms. The summed E-state index contributed by atoms with van der Waals surface area (Å²) in [5, 5.41) is 0. The summed E-state index contributed by atoms with van der Waals surface area (Å²) in [4.78, 5) is 3.67. The van der Waals surface area contributed by atoms with Gasteiger partial charge in [-0.3, -0.25) is 0 Å². The van der Waals surface area contributed by atoms with Crippen LogP contribution < -0.4 is 26.2 Å². The van der Waals surface area contributed by atoms with Gasteiger partial charge in [-0.1, -0.05) is 230 Å². The predicted molar refractivity (Wildman–Crippen MR) is 356 cm³/mol. The molecule has 5 heteroatoms. The molecule has 11 aromatic carbocycles. The molecule has 11 aromatic rings. The van der Waals surface area contributed by atoms with Crippen LogP contribution in [-0.4, -0.2) is 6.71 Å². The maximum absolute atomic E-state index is 15.9. The van der Waals surface area contributed by atoms with Gasteiger partial charge in [0.15, 0.2) is 0 Å². The van der Waals surface area contributed by atoms with E-state index in [4.69, 9.17) is 5.48 Å². The van der Waals surface area contributed by atoms with Crippen LogP contribution in [0.15, 0.2) is 242 Å². The van der Waals surface area contributed by atoms with E-state index in [2.05, 4.69) is 0 Å². The molecule has 0 saturated heterocycles. The number of rotatable bonds is 9. The highest BCUT2D eigenvalue weighted by atomic mass is 19.1. The molecule has 3 aliphatic rings. The molecule has 0 atom stereocenters. The van der Waals surface area contributed by atoms with Gasteiger partial charge in [-0.15, -0.1) is 0 Å². The van der Waals surface area contributed by atoms with E-state index >= 15 is 8.78 Å². The Labute approximate surface area is 529 Å². The number of hydrogen-bond donors (Lipinski definition) is 0. The molecular weight excluding hydrogens is 1040 g/mol. The SMILES string of the molecule is [2H]c1c([2H])c([2H])c(-c2cc(C(C)(C)C)cc(-c3c([2H])c([2H])c([2H])c([2H])c3[2H])c2N2c3ccc(-c4cccc(F)c4)cc3B3c4cc(-c5cccc(F)c5)ccc4N(c4c(-c5c([2H])c([2H])c([2H])c([2H])c5[2H])cc(C(C)(C)C)cc4-c4c([2H])c([2H])c([2H])c([2H])c4[2H])c4cc(C5CCCCC5)cc2c43)c([2H])c1[2H]. The topological polar surface area (TPSA) is 6.48 Å². The first-order valence-electron chi connectivity index (χ1n) is 38.8. The minimum absolute atomic E-state index is 0.00119. The first-order valence-corrected chi connectivity index (χ1v) is 28.8.